The summed E-state index contributed by atoms with van der Waals surface area (Å²) in [5.41, 5.74) is -0.883. The second-order valence-electron chi connectivity index (χ2n) is 3.42. The van der Waals surface area contributed by atoms with Crippen LogP contribution in [-0.4, -0.2) is 15.9 Å². The summed E-state index contributed by atoms with van der Waals surface area (Å²) in [4.78, 5) is 19.2. The maximum Gasteiger partial charge on any atom is 0.262 e. The molecule has 0 saturated heterocycles. The monoisotopic (exact) mass is 331 g/mol. The van der Waals surface area contributed by atoms with Gasteiger partial charge in [0, 0.05) is 12.1 Å². The molecule has 0 saturated carbocycles. The zero-order valence-corrected chi connectivity index (χ0v) is 10.7. The lowest BCUT2D eigenvalue weighted by Crippen LogP contribution is -2.17. The number of carbonyl (C=O) groups excluding carboxylic acids is 1. The van der Waals surface area contributed by atoms with E-state index in [4.69, 9.17) is 0 Å². The van der Waals surface area contributed by atoms with Crippen molar-refractivity contribution in [3.8, 4) is 0 Å². The lowest BCUT2D eigenvalue weighted by Gasteiger charge is -2.06. The Kier molecular flexibility index (Phi) is 3.79. The van der Waals surface area contributed by atoms with Crippen molar-refractivity contribution in [2.75, 3.05) is 5.32 Å². The quantitative estimate of drug-likeness (QED) is 0.920. The summed E-state index contributed by atoms with van der Waals surface area (Å²) in [6.45, 7) is 0. The minimum Gasteiger partial charge on any atom is -0.305 e. The zero-order valence-electron chi connectivity index (χ0n) is 9.12. The fourth-order valence-electron chi connectivity index (χ4n) is 1.31. The van der Waals surface area contributed by atoms with Gasteiger partial charge in [0.25, 0.3) is 5.91 Å². The van der Waals surface area contributed by atoms with Crippen molar-refractivity contribution in [2.24, 2.45) is 0 Å². The third-order valence-corrected chi connectivity index (χ3v) is 2.51. The van der Waals surface area contributed by atoms with Gasteiger partial charge in [-0.15, -0.1) is 0 Å². The van der Waals surface area contributed by atoms with Crippen LogP contribution in [-0.2, 0) is 0 Å². The predicted molar refractivity (Wildman–Crippen MR) is 64.0 cm³/mol. The molecular weight excluding hydrogens is 327 g/mol. The lowest BCUT2D eigenvalue weighted by atomic mass is 10.2. The van der Waals surface area contributed by atoms with Crippen molar-refractivity contribution >= 4 is 27.7 Å². The van der Waals surface area contributed by atoms with E-state index in [1.54, 1.807) is 0 Å². The van der Waals surface area contributed by atoms with Crippen LogP contribution >= 0.6 is 15.9 Å². The number of halogens is 4. The SMILES string of the molecule is O=C(Nc1cnc(Br)cn1)c1c(F)cc(F)cc1F. The van der Waals surface area contributed by atoms with E-state index in [-0.39, 0.29) is 5.82 Å². The van der Waals surface area contributed by atoms with Crippen LogP contribution in [0.3, 0.4) is 0 Å². The van der Waals surface area contributed by atoms with Crippen molar-refractivity contribution in [1.82, 2.24) is 9.97 Å². The summed E-state index contributed by atoms with van der Waals surface area (Å²) >= 11 is 3.04. The van der Waals surface area contributed by atoms with E-state index in [1.165, 1.54) is 12.4 Å². The fraction of sp³-hybridized carbons (Fsp3) is 0. The summed E-state index contributed by atoms with van der Waals surface area (Å²) in [7, 11) is 0. The average Bonchev–Trinajstić information content (AvgIpc) is 2.30. The van der Waals surface area contributed by atoms with Crippen LogP contribution in [0.25, 0.3) is 0 Å². The van der Waals surface area contributed by atoms with Crippen LogP contribution in [0.2, 0.25) is 0 Å². The van der Waals surface area contributed by atoms with E-state index in [1.807, 2.05) is 0 Å². The standard InChI is InChI=1S/C11H5BrF3N3O/c12-8-3-17-9(4-16-8)18-11(19)10-6(14)1-5(13)2-7(10)15/h1-4H,(H,17,18,19). The molecule has 0 aliphatic rings. The highest BCUT2D eigenvalue weighted by atomic mass is 79.9. The largest absolute Gasteiger partial charge is 0.305 e. The van der Waals surface area contributed by atoms with Gasteiger partial charge >= 0.3 is 0 Å². The van der Waals surface area contributed by atoms with E-state index >= 15 is 0 Å². The number of hydrogen-bond donors (Lipinski definition) is 1. The number of carbonyl (C=O) groups is 1. The van der Waals surface area contributed by atoms with Crippen LogP contribution in [0.5, 0.6) is 0 Å². The third-order valence-electron chi connectivity index (χ3n) is 2.10. The van der Waals surface area contributed by atoms with E-state index in [0.29, 0.717) is 16.7 Å². The summed E-state index contributed by atoms with van der Waals surface area (Å²) in [5, 5.41) is 2.15. The first kappa shape index (κ1) is 13.5. The Morgan fingerprint density at radius 2 is 1.74 bits per heavy atom. The van der Waals surface area contributed by atoms with Crippen molar-refractivity contribution in [3.63, 3.8) is 0 Å². The molecule has 0 fully saturated rings. The molecule has 0 aliphatic carbocycles. The van der Waals surface area contributed by atoms with Gasteiger partial charge in [0.1, 0.15) is 27.6 Å². The second-order valence-corrected chi connectivity index (χ2v) is 4.24. The minimum atomic E-state index is -1.29. The molecule has 19 heavy (non-hydrogen) atoms. The number of anilines is 1. The molecule has 1 amide bonds. The molecule has 0 atom stereocenters. The van der Waals surface area contributed by atoms with Crippen LogP contribution in [0.4, 0.5) is 19.0 Å². The summed E-state index contributed by atoms with van der Waals surface area (Å²) in [6, 6.07) is 0.844. The van der Waals surface area contributed by atoms with Gasteiger partial charge < -0.3 is 5.32 Å². The van der Waals surface area contributed by atoms with Crippen molar-refractivity contribution in [2.45, 2.75) is 0 Å². The Morgan fingerprint density at radius 1 is 1.11 bits per heavy atom. The first-order valence-corrected chi connectivity index (χ1v) is 5.70. The van der Waals surface area contributed by atoms with Gasteiger partial charge in [-0.05, 0) is 15.9 Å². The van der Waals surface area contributed by atoms with Gasteiger partial charge in [-0.3, -0.25) is 4.79 Å². The number of aromatic nitrogens is 2. The smallest absolute Gasteiger partial charge is 0.262 e. The molecule has 1 heterocycles. The maximum atomic E-state index is 13.3. The van der Waals surface area contributed by atoms with Crippen molar-refractivity contribution < 1.29 is 18.0 Å². The highest BCUT2D eigenvalue weighted by molar-refractivity contribution is 9.10. The van der Waals surface area contributed by atoms with Gasteiger partial charge in [0.15, 0.2) is 5.82 Å². The Bertz CT molecular complexity index is 611. The molecule has 8 heteroatoms. The molecule has 0 unspecified atom stereocenters. The number of hydrogen-bond acceptors (Lipinski definition) is 3. The summed E-state index contributed by atoms with van der Waals surface area (Å²) in [6.07, 6.45) is 2.49. The van der Waals surface area contributed by atoms with Gasteiger partial charge in [-0.1, -0.05) is 0 Å². The van der Waals surface area contributed by atoms with Gasteiger partial charge in [-0.2, -0.15) is 0 Å². The molecule has 2 aromatic rings. The molecule has 1 aromatic carbocycles. The Labute approximate surface area is 113 Å². The Balaban J connectivity index is 2.28. The van der Waals surface area contributed by atoms with Crippen LogP contribution in [0, 0.1) is 17.5 Å². The van der Waals surface area contributed by atoms with Crippen LogP contribution in [0.15, 0.2) is 29.1 Å². The number of benzene rings is 1. The molecule has 0 radical (unpaired) electrons. The van der Waals surface area contributed by atoms with Gasteiger partial charge in [0.2, 0.25) is 0 Å². The molecule has 2 rings (SSSR count). The topological polar surface area (TPSA) is 54.9 Å². The van der Waals surface area contributed by atoms with Crippen molar-refractivity contribution in [3.05, 3.63) is 52.1 Å². The van der Waals surface area contributed by atoms with Crippen LogP contribution < -0.4 is 5.32 Å². The molecular formula is C11H5BrF3N3O. The first-order valence-electron chi connectivity index (χ1n) is 4.91. The first-order chi connectivity index (χ1) is 8.97. The van der Waals surface area contributed by atoms with E-state index < -0.39 is 28.9 Å². The van der Waals surface area contributed by atoms with E-state index in [2.05, 4.69) is 31.2 Å². The molecule has 1 aromatic heterocycles. The average molecular weight is 332 g/mol. The number of nitrogens with zero attached hydrogens (tertiary/aromatic N) is 2. The highest BCUT2D eigenvalue weighted by Crippen LogP contribution is 2.16. The number of amides is 1. The van der Waals surface area contributed by atoms with Gasteiger partial charge in [-0.25, -0.2) is 23.1 Å². The molecule has 0 spiro atoms. The maximum absolute atomic E-state index is 13.3. The van der Waals surface area contributed by atoms with E-state index in [9.17, 15) is 18.0 Å². The molecule has 98 valence electrons. The molecule has 0 aliphatic heterocycles. The minimum absolute atomic E-state index is 0.0105. The molecule has 0 bridgehead atoms. The molecule has 4 nitrogen and oxygen atoms in total. The highest BCUT2D eigenvalue weighted by Gasteiger charge is 2.19. The second kappa shape index (κ2) is 5.35. The third kappa shape index (κ3) is 3.08. The summed E-state index contributed by atoms with van der Waals surface area (Å²) < 4.78 is 39.8. The van der Waals surface area contributed by atoms with Crippen LogP contribution in [0.1, 0.15) is 10.4 Å². The zero-order chi connectivity index (χ0) is 14.0. The fourth-order valence-corrected chi connectivity index (χ4v) is 1.52. The van der Waals surface area contributed by atoms with Gasteiger partial charge in [0.05, 0.1) is 12.4 Å². The van der Waals surface area contributed by atoms with Crippen molar-refractivity contribution in [1.29, 1.82) is 0 Å². The lowest BCUT2D eigenvalue weighted by molar-refractivity contribution is 0.101. The normalized spacial score (nSPS) is 10.3. The predicted octanol–water partition coefficient (Wildman–Crippen LogP) is 2.91. The number of nitrogens with one attached hydrogen (secondary N) is 1. The molecule has 1 N–H and O–H groups in total. The Hall–Kier alpha value is -1.96. The Morgan fingerprint density at radius 3 is 2.26 bits per heavy atom. The number of rotatable bonds is 2. The van der Waals surface area contributed by atoms with E-state index in [0.717, 1.165) is 0 Å². The summed E-state index contributed by atoms with van der Waals surface area (Å²) in [5.74, 6) is -4.75.